The minimum absolute atomic E-state index is 0.00103. The largest absolute Gasteiger partial charge is 0.326 e. The van der Waals surface area contributed by atoms with Crippen LogP contribution in [0.5, 0.6) is 0 Å². The van der Waals surface area contributed by atoms with Crippen LogP contribution in [0.2, 0.25) is 0 Å². The second-order valence-electron chi connectivity index (χ2n) is 7.81. The molecule has 2 aromatic rings. The summed E-state index contributed by atoms with van der Waals surface area (Å²) in [7, 11) is 4.12. The van der Waals surface area contributed by atoms with E-state index in [9.17, 15) is 4.79 Å². The van der Waals surface area contributed by atoms with Gasteiger partial charge in [0.05, 0.1) is 12.1 Å². The highest BCUT2D eigenvalue weighted by Crippen LogP contribution is 2.24. The van der Waals surface area contributed by atoms with Crippen molar-refractivity contribution in [3.05, 3.63) is 45.2 Å². The van der Waals surface area contributed by atoms with E-state index in [1.165, 1.54) is 5.56 Å². The molecule has 1 fully saturated rings. The second kappa shape index (κ2) is 9.87. The van der Waals surface area contributed by atoms with Gasteiger partial charge >= 0.3 is 0 Å². The highest BCUT2D eigenvalue weighted by atomic mass is 79.9. The number of piperazine rings is 1. The number of aromatic nitrogens is 2. The van der Waals surface area contributed by atoms with Crippen LogP contribution in [0.3, 0.4) is 0 Å². The van der Waals surface area contributed by atoms with E-state index < -0.39 is 0 Å². The van der Waals surface area contributed by atoms with Crippen molar-refractivity contribution in [2.24, 2.45) is 7.05 Å². The Morgan fingerprint density at radius 3 is 2.48 bits per heavy atom. The molecule has 0 bridgehead atoms. The summed E-state index contributed by atoms with van der Waals surface area (Å²) in [5.74, 6) is 0.00103. The van der Waals surface area contributed by atoms with Crippen molar-refractivity contribution in [1.29, 1.82) is 0 Å². The lowest BCUT2D eigenvalue weighted by Crippen LogP contribution is -2.43. The monoisotopic (exact) mass is 461 g/mol. The predicted octanol–water partition coefficient (Wildman–Crippen LogP) is 3.24. The van der Waals surface area contributed by atoms with Crippen molar-refractivity contribution in [3.8, 4) is 0 Å². The van der Waals surface area contributed by atoms with Crippen LogP contribution in [0.25, 0.3) is 0 Å². The lowest BCUT2D eigenvalue weighted by molar-refractivity contribution is -0.115. The third-order valence-corrected chi connectivity index (χ3v) is 6.43. The fraction of sp³-hybridized carbons (Fsp3) is 0.545. The molecule has 158 valence electrons. The van der Waals surface area contributed by atoms with Crippen LogP contribution in [0.4, 0.5) is 5.69 Å². The molecule has 7 heteroatoms. The van der Waals surface area contributed by atoms with Gasteiger partial charge in [0.15, 0.2) is 0 Å². The van der Waals surface area contributed by atoms with Gasteiger partial charge < -0.3 is 10.2 Å². The molecule has 0 unspecified atom stereocenters. The Balaban J connectivity index is 1.63. The molecule has 1 aliphatic heterocycles. The standard InChI is InChI=1S/C22H32BrN5O/c1-5-20-18(21(6-2)27(4)25-20)14-22(29)24-17-8-7-16(19(23)13-17)15-28-11-9-26(3)10-12-28/h7-8,13H,5-6,9-12,14-15H2,1-4H3,(H,24,29). The number of hydrogen-bond acceptors (Lipinski definition) is 4. The maximum atomic E-state index is 12.7. The normalized spacial score (nSPS) is 15.6. The number of amides is 1. The van der Waals surface area contributed by atoms with Crippen molar-refractivity contribution in [2.75, 3.05) is 38.5 Å². The topological polar surface area (TPSA) is 53.4 Å². The van der Waals surface area contributed by atoms with Gasteiger partial charge in [-0.2, -0.15) is 5.10 Å². The average molecular weight is 462 g/mol. The minimum Gasteiger partial charge on any atom is -0.326 e. The van der Waals surface area contributed by atoms with Gasteiger partial charge in [-0.25, -0.2) is 0 Å². The number of nitrogens with one attached hydrogen (secondary N) is 1. The molecule has 0 aliphatic carbocycles. The zero-order chi connectivity index (χ0) is 21.0. The SMILES string of the molecule is CCc1nn(C)c(CC)c1CC(=O)Nc1ccc(CN2CCN(C)CC2)c(Br)c1. The summed E-state index contributed by atoms with van der Waals surface area (Å²) >= 11 is 3.69. The number of nitrogens with zero attached hydrogens (tertiary/aromatic N) is 4. The molecule has 1 aliphatic rings. The zero-order valence-corrected chi connectivity index (χ0v) is 19.5. The number of halogens is 1. The maximum Gasteiger partial charge on any atom is 0.228 e. The van der Waals surface area contributed by atoms with Crippen LogP contribution < -0.4 is 5.32 Å². The number of anilines is 1. The Morgan fingerprint density at radius 2 is 1.86 bits per heavy atom. The average Bonchev–Trinajstić information content (AvgIpc) is 2.99. The molecule has 0 atom stereocenters. The first-order valence-corrected chi connectivity index (χ1v) is 11.2. The molecule has 0 spiro atoms. The summed E-state index contributed by atoms with van der Waals surface area (Å²) < 4.78 is 2.95. The number of carbonyl (C=O) groups excluding carboxylic acids is 1. The van der Waals surface area contributed by atoms with Crippen LogP contribution in [0.1, 0.15) is 36.4 Å². The van der Waals surface area contributed by atoms with Crippen molar-refractivity contribution in [2.45, 2.75) is 39.7 Å². The number of aryl methyl sites for hydroxylation is 2. The molecule has 1 saturated heterocycles. The van der Waals surface area contributed by atoms with Crippen LogP contribution in [-0.2, 0) is 37.6 Å². The van der Waals surface area contributed by atoms with Gasteiger partial charge in [0, 0.05) is 61.2 Å². The van der Waals surface area contributed by atoms with Crippen LogP contribution in [0.15, 0.2) is 22.7 Å². The van der Waals surface area contributed by atoms with Crippen molar-refractivity contribution in [1.82, 2.24) is 19.6 Å². The van der Waals surface area contributed by atoms with E-state index in [1.807, 2.05) is 23.9 Å². The lowest BCUT2D eigenvalue weighted by atomic mass is 10.1. The molecule has 29 heavy (non-hydrogen) atoms. The molecule has 0 saturated carbocycles. The second-order valence-corrected chi connectivity index (χ2v) is 8.67. The van der Waals surface area contributed by atoms with Crippen LogP contribution in [0, 0.1) is 0 Å². The van der Waals surface area contributed by atoms with E-state index in [-0.39, 0.29) is 5.91 Å². The third-order valence-electron chi connectivity index (χ3n) is 5.69. The van der Waals surface area contributed by atoms with Crippen molar-refractivity contribution < 1.29 is 4.79 Å². The van der Waals surface area contributed by atoms with Gasteiger partial charge in [0.1, 0.15) is 0 Å². The van der Waals surface area contributed by atoms with Gasteiger partial charge in [-0.3, -0.25) is 14.4 Å². The van der Waals surface area contributed by atoms with Crippen molar-refractivity contribution >= 4 is 27.5 Å². The Bertz CT molecular complexity index is 855. The van der Waals surface area contributed by atoms with Crippen LogP contribution >= 0.6 is 15.9 Å². The fourth-order valence-electron chi connectivity index (χ4n) is 3.96. The fourth-order valence-corrected chi connectivity index (χ4v) is 4.46. The molecule has 1 aromatic heterocycles. The Kier molecular flexibility index (Phi) is 7.49. The first kappa shape index (κ1) is 22.0. The summed E-state index contributed by atoms with van der Waals surface area (Å²) in [5, 5.41) is 7.62. The highest BCUT2D eigenvalue weighted by molar-refractivity contribution is 9.10. The molecular weight excluding hydrogens is 430 g/mol. The van der Waals surface area contributed by atoms with Crippen molar-refractivity contribution in [3.63, 3.8) is 0 Å². The van der Waals surface area contributed by atoms with E-state index in [4.69, 9.17) is 0 Å². The summed E-state index contributed by atoms with van der Waals surface area (Å²) in [4.78, 5) is 17.5. The number of likely N-dealkylation sites (N-methyl/N-ethyl adjacent to an activating group) is 1. The predicted molar refractivity (Wildman–Crippen MR) is 121 cm³/mol. The highest BCUT2D eigenvalue weighted by Gasteiger charge is 2.18. The molecule has 1 amide bonds. The van der Waals surface area contributed by atoms with E-state index in [1.54, 1.807) is 0 Å². The minimum atomic E-state index is 0.00103. The van der Waals surface area contributed by atoms with Crippen LogP contribution in [-0.4, -0.2) is 58.7 Å². The molecule has 3 rings (SSSR count). The zero-order valence-electron chi connectivity index (χ0n) is 18.0. The summed E-state index contributed by atoms with van der Waals surface area (Å²) in [6, 6.07) is 6.11. The number of benzene rings is 1. The Morgan fingerprint density at radius 1 is 1.14 bits per heavy atom. The smallest absolute Gasteiger partial charge is 0.228 e. The van der Waals surface area contributed by atoms with E-state index in [0.717, 1.165) is 72.7 Å². The lowest BCUT2D eigenvalue weighted by Gasteiger charge is -2.32. The number of hydrogen-bond donors (Lipinski definition) is 1. The molecule has 2 heterocycles. The number of rotatable bonds is 7. The quantitative estimate of drug-likeness (QED) is 0.687. The van der Waals surface area contributed by atoms with E-state index >= 15 is 0 Å². The summed E-state index contributed by atoms with van der Waals surface area (Å²) in [5.41, 5.74) is 5.30. The molecular formula is C22H32BrN5O. The number of carbonyl (C=O) groups is 1. The van der Waals surface area contributed by atoms with Gasteiger partial charge in [-0.15, -0.1) is 0 Å². The van der Waals surface area contributed by atoms with Gasteiger partial charge in [-0.1, -0.05) is 35.8 Å². The molecule has 1 N–H and O–H groups in total. The maximum absolute atomic E-state index is 12.7. The summed E-state index contributed by atoms with van der Waals surface area (Å²) in [6.45, 7) is 9.52. The molecule has 6 nitrogen and oxygen atoms in total. The Labute approximate surface area is 182 Å². The van der Waals surface area contributed by atoms with E-state index in [0.29, 0.717) is 6.42 Å². The first-order valence-electron chi connectivity index (χ1n) is 10.4. The molecule has 1 aromatic carbocycles. The first-order chi connectivity index (χ1) is 13.9. The van der Waals surface area contributed by atoms with Gasteiger partial charge in [0.2, 0.25) is 5.91 Å². The summed E-state index contributed by atoms with van der Waals surface area (Å²) in [6.07, 6.45) is 2.07. The third kappa shape index (κ3) is 5.47. The molecule has 0 radical (unpaired) electrons. The Hall–Kier alpha value is -1.70. The van der Waals surface area contributed by atoms with E-state index in [2.05, 4.69) is 63.1 Å². The van der Waals surface area contributed by atoms with Gasteiger partial charge in [-0.05, 0) is 37.6 Å². The van der Waals surface area contributed by atoms with Gasteiger partial charge in [0.25, 0.3) is 0 Å².